The number of hydrogen-bond acceptors (Lipinski definition) is 5. The van der Waals surface area contributed by atoms with Gasteiger partial charge in [-0.05, 0) is 43.7 Å². The lowest BCUT2D eigenvalue weighted by Crippen LogP contribution is -1.94. The van der Waals surface area contributed by atoms with Gasteiger partial charge in [-0.1, -0.05) is 23.7 Å². The van der Waals surface area contributed by atoms with Crippen LogP contribution in [0, 0.1) is 13.8 Å². The van der Waals surface area contributed by atoms with Crippen molar-refractivity contribution >= 4 is 33.8 Å². The molecule has 2 heterocycles. The molecule has 0 fully saturated rings. The lowest BCUT2D eigenvalue weighted by atomic mass is 10.1. The van der Waals surface area contributed by atoms with E-state index in [0.29, 0.717) is 0 Å². The van der Waals surface area contributed by atoms with E-state index in [0.717, 1.165) is 50.8 Å². The molecule has 4 aromatic rings. The number of rotatable bonds is 6. The summed E-state index contributed by atoms with van der Waals surface area (Å²) in [4.78, 5) is 13.6. The van der Waals surface area contributed by atoms with Crippen molar-refractivity contribution in [2.24, 2.45) is 0 Å². The van der Waals surface area contributed by atoms with Gasteiger partial charge in [-0.2, -0.15) is 0 Å². The molecular weight excluding hydrogens is 404 g/mol. The minimum atomic E-state index is 0.747. The zero-order valence-corrected chi connectivity index (χ0v) is 18.0. The van der Waals surface area contributed by atoms with Crippen LogP contribution >= 0.6 is 22.9 Å². The third-order valence-electron chi connectivity index (χ3n) is 4.56. The van der Waals surface area contributed by atoms with Gasteiger partial charge in [0, 0.05) is 34.3 Å². The first-order valence-corrected chi connectivity index (χ1v) is 10.4. The van der Waals surface area contributed by atoms with Gasteiger partial charge in [0.2, 0.25) is 0 Å². The Morgan fingerprint density at radius 2 is 2.00 bits per heavy atom. The van der Waals surface area contributed by atoms with Crippen LogP contribution in [0.1, 0.15) is 21.8 Å². The Morgan fingerprint density at radius 1 is 1.14 bits per heavy atom. The molecule has 0 atom stereocenters. The average molecular weight is 425 g/mol. The normalized spacial score (nSPS) is 10.9. The minimum absolute atomic E-state index is 0.747. The molecule has 2 aromatic heterocycles. The fourth-order valence-corrected chi connectivity index (χ4v) is 4.35. The molecule has 2 N–H and O–H groups in total. The lowest BCUT2D eigenvalue weighted by molar-refractivity contribution is 0.416. The summed E-state index contributed by atoms with van der Waals surface area (Å²) in [6.07, 6.45) is 2.69. The number of H-pyrrole nitrogens is 1. The number of aromatic amines is 1. The number of methoxy groups -OCH3 is 1. The van der Waals surface area contributed by atoms with E-state index >= 15 is 0 Å². The molecule has 0 radical (unpaired) electrons. The Hall–Kier alpha value is -2.83. The molecule has 5 nitrogen and oxygen atoms in total. The molecule has 29 heavy (non-hydrogen) atoms. The number of aromatic nitrogens is 3. The molecule has 0 amide bonds. The molecule has 0 saturated carbocycles. The highest BCUT2D eigenvalue weighted by molar-refractivity contribution is 7.15. The van der Waals surface area contributed by atoms with Gasteiger partial charge < -0.3 is 15.0 Å². The zero-order valence-electron chi connectivity index (χ0n) is 16.4. The minimum Gasteiger partial charge on any atom is -0.496 e. The SMILES string of the molecule is COc1cc(Nc2nc(C)c(Cc3cccc(Cl)c3)s2)ccc1-c1nc(C)c[nH]1. The number of halogens is 1. The van der Waals surface area contributed by atoms with Crippen LogP contribution in [0.15, 0.2) is 48.7 Å². The fraction of sp³-hybridized carbons (Fsp3) is 0.182. The zero-order chi connectivity index (χ0) is 20.4. The smallest absolute Gasteiger partial charge is 0.187 e. The molecule has 2 aromatic carbocycles. The van der Waals surface area contributed by atoms with Gasteiger partial charge in [-0.3, -0.25) is 0 Å². The van der Waals surface area contributed by atoms with E-state index in [4.69, 9.17) is 16.3 Å². The summed E-state index contributed by atoms with van der Waals surface area (Å²) < 4.78 is 5.58. The van der Waals surface area contributed by atoms with E-state index < -0.39 is 0 Å². The Balaban J connectivity index is 1.55. The van der Waals surface area contributed by atoms with Gasteiger partial charge >= 0.3 is 0 Å². The monoisotopic (exact) mass is 424 g/mol. The molecule has 0 spiro atoms. The maximum atomic E-state index is 6.11. The second-order valence-corrected chi connectivity index (χ2v) is 8.28. The van der Waals surface area contributed by atoms with Crippen molar-refractivity contribution in [2.45, 2.75) is 20.3 Å². The predicted molar refractivity (Wildman–Crippen MR) is 120 cm³/mol. The van der Waals surface area contributed by atoms with Gasteiger partial charge in [-0.25, -0.2) is 9.97 Å². The quantitative estimate of drug-likeness (QED) is 0.390. The summed E-state index contributed by atoms with van der Waals surface area (Å²) in [5, 5.41) is 4.99. The highest BCUT2D eigenvalue weighted by Crippen LogP contribution is 2.33. The Labute approximate surface area is 178 Å². The third kappa shape index (κ3) is 4.44. The van der Waals surface area contributed by atoms with Crippen LogP contribution in [0.2, 0.25) is 5.02 Å². The second-order valence-electron chi connectivity index (χ2n) is 6.76. The Kier molecular flexibility index (Phi) is 5.56. The van der Waals surface area contributed by atoms with E-state index in [1.165, 1.54) is 10.4 Å². The van der Waals surface area contributed by atoms with E-state index in [9.17, 15) is 0 Å². The number of ether oxygens (including phenoxy) is 1. The van der Waals surface area contributed by atoms with Crippen LogP contribution in [0.4, 0.5) is 10.8 Å². The standard InChI is InChI=1S/C22H21ClN4OS/c1-13-12-24-21(25-13)18-8-7-17(11-19(18)28-3)27-22-26-14(2)20(29-22)10-15-5-4-6-16(23)9-15/h4-9,11-12H,10H2,1-3H3,(H,24,25)(H,26,27). The Bertz CT molecular complexity index is 1150. The van der Waals surface area contributed by atoms with Crippen molar-refractivity contribution in [2.75, 3.05) is 12.4 Å². The molecule has 0 unspecified atom stereocenters. The van der Waals surface area contributed by atoms with Crippen LogP contribution < -0.4 is 10.1 Å². The summed E-state index contributed by atoms with van der Waals surface area (Å²) in [5.74, 6) is 1.54. The number of nitrogens with zero attached hydrogens (tertiary/aromatic N) is 2. The fourth-order valence-electron chi connectivity index (χ4n) is 3.12. The largest absolute Gasteiger partial charge is 0.496 e. The van der Waals surface area contributed by atoms with Crippen molar-refractivity contribution in [3.05, 3.63) is 75.5 Å². The number of imidazole rings is 1. The van der Waals surface area contributed by atoms with Crippen LogP contribution in [0.3, 0.4) is 0 Å². The maximum absolute atomic E-state index is 6.11. The van der Waals surface area contributed by atoms with Crippen LogP contribution in [0.25, 0.3) is 11.4 Å². The molecule has 7 heteroatoms. The number of aryl methyl sites for hydroxylation is 2. The van der Waals surface area contributed by atoms with Gasteiger partial charge in [0.25, 0.3) is 0 Å². The molecule has 148 valence electrons. The number of hydrogen-bond donors (Lipinski definition) is 2. The number of nitrogens with one attached hydrogen (secondary N) is 2. The van der Waals surface area contributed by atoms with Gasteiger partial charge in [0.05, 0.1) is 24.1 Å². The third-order valence-corrected chi connectivity index (χ3v) is 5.87. The maximum Gasteiger partial charge on any atom is 0.187 e. The molecule has 0 aliphatic heterocycles. The summed E-state index contributed by atoms with van der Waals surface area (Å²) in [6.45, 7) is 3.98. The van der Waals surface area contributed by atoms with Crippen LogP contribution in [-0.2, 0) is 6.42 Å². The Morgan fingerprint density at radius 3 is 2.72 bits per heavy atom. The van der Waals surface area contributed by atoms with Crippen LogP contribution in [0.5, 0.6) is 5.75 Å². The topological polar surface area (TPSA) is 62.8 Å². The van der Waals surface area contributed by atoms with E-state index in [1.807, 2.05) is 56.4 Å². The second kappa shape index (κ2) is 8.27. The van der Waals surface area contributed by atoms with Crippen molar-refractivity contribution < 1.29 is 4.74 Å². The van der Waals surface area contributed by atoms with E-state index in [-0.39, 0.29) is 0 Å². The molecule has 0 aliphatic carbocycles. The van der Waals surface area contributed by atoms with E-state index in [1.54, 1.807) is 18.4 Å². The summed E-state index contributed by atoms with van der Waals surface area (Å²) in [6, 6.07) is 13.9. The first-order valence-electron chi connectivity index (χ1n) is 9.20. The molecule has 0 saturated heterocycles. The molecular formula is C22H21ClN4OS. The van der Waals surface area contributed by atoms with Crippen molar-refractivity contribution in [1.82, 2.24) is 15.0 Å². The number of thiazole rings is 1. The number of anilines is 2. The highest BCUT2D eigenvalue weighted by atomic mass is 35.5. The van der Waals surface area contributed by atoms with E-state index in [2.05, 4.69) is 26.3 Å². The average Bonchev–Trinajstić information content (AvgIpc) is 3.27. The first-order chi connectivity index (χ1) is 14.0. The summed E-state index contributed by atoms with van der Waals surface area (Å²) in [7, 11) is 1.66. The first kappa shape index (κ1) is 19.5. The van der Waals surface area contributed by atoms with Gasteiger partial charge in [0.1, 0.15) is 11.6 Å². The molecule has 0 bridgehead atoms. The predicted octanol–water partition coefficient (Wildman–Crippen LogP) is 6.15. The van der Waals surface area contributed by atoms with Crippen molar-refractivity contribution in [3.63, 3.8) is 0 Å². The van der Waals surface area contributed by atoms with Gasteiger partial charge in [-0.15, -0.1) is 11.3 Å². The molecule has 4 rings (SSSR count). The highest BCUT2D eigenvalue weighted by Gasteiger charge is 2.12. The molecule has 0 aliphatic rings. The number of benzene rings is 2. The van der Waals surface area contributed by atoms with Gasteiger partial charge in [0.15, 0.2) is 5.13 Å². The van der Waals surface area contributed by atoms with Crippen LogP contribution in [-0.4, -0.2) is 22.1 Å². The lowest BCUT2D eigenvalue weighted by Gasteiger charge is -2.09. The summed E-state index contributed by atoms with van der Waals surface area (Å²) >= 11 is 7.75. The van der Waals surface area contributed by atoms with Crippen molar-refractivity contribution in [3.8, 4) is 17.1 Å². The summed E-state index contributed by atoms with van der Waals surface area (Å²) in [5.41, 5.74) is 4.97. The van der Waals surface area contributed by atoms with Crippen molar-refractivity contribution in [1.29, 1.82) is 0 Å².